The number of rotatable bonds is 8. The molecule has 0 aliphatic carbocycles. The van der Waals surface area contributed by atoms with Crippen molar-refractivity contribution in [1.82, 2.24) is 15.1 Å². The van der Waals surface area contributed by atoms with Crippen molar-refractivity contribution >= 4 is 29.1 Å². The molecule has 1 amide bonds. The monoisotopic (exact) mass is 565 g/mol. The summed E-state index contributed by atoms with van der Waals surface area (Å²) in [4.78, 5) is 17.1. The minimum absolute atomic E-state index is 0.102. The van der Waals surface area contributed by atoms with Gasteiger partial charge in [0.2, 0.25) is 0 Å². The molecule has 3 aromatic carbocycles. The van der Waals surface area contributed by atoms with Gasteiger partial charge in [0.15, 0.2) is 6.61 Å². The van der Waals surface area contributed by atoms with E-state index in [9.17, 15) is 18.0 Å². The van der Waals surface area contributed by atoms with Crippen LogP contribution in [0.15, 0.2) is 60.7 Å². The van der Waals surface area contributed by atoms with Gasteiger partial charge in [0.05, 0.1) is 15.6 Å². The van der Waals surface area contributed by atoms with Gasteiger partial charge in [-0.05, 0) is 60.1 Å². The first-order valence-corrected chi connectivity index (χ1v) is 12.9. The number of ether oxygens (including phenoxy) is 1. The van der Waals surface area contributed by atoms with Crippen LogP contribution in [0.3, 0.4) is 0 Å². The average molecular weight is 566 g/mol. The predicted molar refractivity (Wildman–Crippen MR) is 143 cm³/mol. The van der Waals surface area contributed by atoms with Crippen LogP contribution in [-0.4, -0.2) is 55.5 Å². The van der Waals surface area contributed by atoms with E-state index in [0.717, 1.165) is 55.0 Å². The van der Waals surface area contributed by atoms with E-state index < -0.39 is 11.7 Å². The zero-order chi connectivity index (χ0) is 27.3. The Hall–Kier alpha value is -2.78. The van der Waals surface area contributed by atoms with E-state index in [4.69, 9.17) is 27.9 Å². The Morgan fingerprint density at radius 3 is 2.24 bits per heavy atom. The van der Waals surface area contributed by atoms with Crippen LogP contribution in [0.25, 0.3) is 11.1 Å². The minimum Gasteiger partial charge on any atom is -0.483 e. The Morgan fingerprint density at radius 1 is 0.921 bits per heavy atom. The van der Waals surface area contributed by atoms with Crippen LogP contribution in [0, 0.1) is 0 Å². The third kappa shape index (κ3) is 7.63. The van der Waals surface area contributed by atoms with E-state index in [1.54, 1.807) is 6.07 Å². The number of benzene rings is 3. The van der Waals surface area contributed by atoms with Crippen LogP contribution in [0.2, 0.25) is 10.0 Å². The maximum Gasteiger partial charge on any atom is 0.416 e. The largest absolute Gasteiger partial charge is 0.483 e. The second-order valence-electron chi connectivity index (χ2n) is 9.29. The van der Waals surface area contributed by atoms with Gasteiger partial charge in [-0.1, -0.05) is 47.5 Å². The quantitative estimate of drug-likeness (QED) is 0.357. The summed E-state index contributed by atoms with van der Waals surface area (Å²) in [6.45, 7) is 4.31. The average Bonchev–Trinajstić information content (AvgIpc) is 2.89. The number of alkyl halides is 3. The van der Waals surface area contributed by atoms with Crippen LogP contribution < -0.4 is 10.1 Å². The Kier molecular flexibility index (Phi) is 9.20. The molecule has 0 unspecified atom stereocenters. The van der Waals surface area contributed by atoms with Crippen molar-refractivity contribution in [3.63, 3.8) is 0 Å². The fourth-order valence-electron chi connectivity index (χ4n) is 4.15. The molecule has 38 heavy (non-hydrogen) atoms. The van der Waals surface area contributed by atoms with Crippen LogP contribution in [0.1, 0.15) is 16.7 Å². The molecule has 0 bridgehead atoms. The molecule has 0 saturated carbocycles. The Bertz CT molecular complexity index is 1260. The first kappa shape index (κ1) is 28.2. The molecule has 1 fully saturated rings. The van der Waals surface area contributed by atoms with E-state index in [1.165, 1.54) is 12.1 Å². The molecule has 0 atom stereocenters. The molecular weight excluding hydrogens is 538 g/mol. The van der Waals surface area contributed by atoms with Gasteiger partial charge < -0.3 is 15.0 Å². The van der Waals surface area contributed by atoms with Crippen molar-refractivity contribution < 1.29 is 22.7 Å². The summed E-state index contributed by atoms with van der Waals surface area (Å²) < 4.78 is 44.1. The van der Waals surface area contributed by atoms with Gasteiger partial charge in [0, 0.05) is 44.8 Å². The molecular formula is C28H28Cl2F3N3O2. The van der Waals surface area contributed by atoms with E-state index in [1.807, 2.05) is 30.3 Å². The SMILES string of the molecule is CN1CCN(Cc2cc(-c3ccc(Cl)c(Cl)c3)ccc2OCC(=O)NCc2ccc(C(F)(F)F)cc2)CC1. The molecule has 0 spiro atoms. The maximum atomic E-state index is 12.7. The van der Waals surface area contributed by atoms with Crippen molar-refractivity contribution in [2.24, 2.45) is 0 Å². The Morgan fingerprint density at radius 2 is 1.58 bits per heavy atom. The Labute approximate surface area is 230 Å². The van der Waals surface area contributed by atoms with E-state index in [2.05, 4.69) is 22.2 Å². The number of piperazine rings is 1. The van der Waals surface area contributed by atoms with Crippen LogP contribution >= 0.6 is 23.2 Å². The van der Waals surface area contributed by atoms with Gasteiger partial charge in [-0.15, -0.1) is 0 Å². The molecule has 1 heterocycles. The fraction of sp³-hybridized carbons (Fsp3) is 0.321. The summed E-state index contributed by atoms with van der Waals surface area (Å²) in [6.07, 6.45) is -4.40. The lowest BCUT2D eigenvalue weighted by Crippen LogP contribution is -2.43. The zero-order valence-electron chi connectivity index (χ0n) is 20.8. The maximum absolute atomic E-state index is 12.7. The lowest BCUT2D eigenvalue weighted by Gasteiger charge is -2.32. The second kappa shape index (κ2) is 12.4. The summed E-state index contributed by atoms with van der Waals surface area (Å²) in [6, 6.07) is 15.9. The zero-order valence-corrected chi connectivity index (χ0v) is 22.3. The number of amides is 1. The highest BCUT2D eigenvalue weighted by atomic mass is 35.5. The van der Waals surface area contributed by atoms with Crippen molar-refractivity contribution in [2.75, 3.05) is 39.8 Å². The van der Waals surface area contributed by atoms with Crippen LogP contribution in [0.4, 0.5) is 13.2 Å². The summed E-state index contributed by atoms with van der Waals surface area (Å²) >= 11 is 12.3. The molecule has 1 aliphatic rings. The highest BCUT2D eigenvalue weighted by molar-refractivity contribution is 6.42. The number of carbonyl (C=O) groups is 1. The third-order valence-corrected chi connectivity index (χ3v) is 7.17. The smallest absolute Gasteiger partial charge is 0.416 e. The second-order valence-corrected chi connectivity index (χ2v) is 10.1. The van der Waals surface area contributed by atoms with Crippen molar-refractivity contribution in [3.05, 3.63) is 87.4 Å². The third-order valence-electron chi connectivity index (χ3n) is 6.43. The predicted octanol–water partition coefficient (Wildman–Crippen LogP) is 6.12. The van der Waals surface area contributed by atoms with Gasteiger partial charge in [0.25, 0.3) is 5.91 Å². The van der Waals surface area contributed by atoms with Crippen LogP contribution in [-0.2, 0) is 24.1 Å². The van der Waals surface area contributed by atoms with E-state index >= 15 is 0 Å². The van der Waals surface area contributed by atoms with Crippen LogP contribution in [0.5, 0.6) is 5.75 Å². The number of nitrogens with one attached hydrogen (secondary N) is 1. The standard InChI is InChI=1S/C28H28Cl2F3N3O2/c1-35-10-12-36(13-11-35)17-22-14-20(21-4-8-24(29)25(30)15-21)5-9-26(22)38-18-27(37)34-16-19-2-6-23(7-3-19)28(31,32)33/h2-9,14-15H,10-13,16-18H2,1H3,(H,34,37). The molecule has 1 aliphatic heterocycles. The highest BCUT2D eigenvalue weighted by Crippen LogP contribution is 2.32. The van der Waals surface area contributed by atoms with Crippen molar-refractivity contribution in [2.45, 2.75) is 19.3 Å². The molecule has 4 rings (SSSR count). The van der Waals surface area contributed by atoms with Gasteiger partial charge >= 0.3 is 6.18 Å². The van der Waals surface area contributed by atoms with Gasteiger partial charge in [0.1, 0.15) is 5.75 Å². The summed E-state index contributed by atoms with van der Waals surface area (Å²) in [5.41, 5.74) is 2.64. The minimum atomic E-state index is -4.40. The van der Waals surface area contributed by atoms with E-state index in [-0.39, 0.29) is 19.1 Å². The number of hydrogen-bond acceptors (Lipinski definition) is 4. The molecule has 1 saturated heterocycles. The molecule has 202 valence electrons. The number of halogens is 5. The first-order chi connectivity index (χ1) is 18.1. The van der Waals surface area contributed by atoms with Crippen molar-refractivity contribution in [1.29, 1.82) is 0 Å². The molecule has 1 N–H and O–H groups in total. The normalized spacial score (nSPS) is 14.9. The number of nitrogens with zero attached hydrogens (tertiary/aromatic N) is 2. The number of carbonyl (C=O) groups excluding carboxylic acids is 1. The fourth-order valence-corrected chi connectivity index (χ4v) is 4.45. The lowest BCUT2D eigenvalue weighted by molar-refractivity contribution is -0.137. The van der Waals surface area contributed by atoms with E-state index in [0.29, 0.717) is 27.9 Å². The Balaban J connectivity index is 1.43. The van der Waals surface area contributed by atoms with Gasteiger partial charge in [-0.2, -0.15) is 13.2 Å². The summed E-state index contributed by atoms with van der Waals surface area (Å²) in [5, 5.41) is 3.64. The van der Waals surface area contributed by atoms with Gasteiger partial charge in [-0.3, -0.25) is 9.69 Å². The number of hydrogen-bond donors (Lipinski definition) is 1. The molecule has 5 nitrogen and oxygen atoms in total. The number of likely N-dealkylation sites (N-methyl/N-ethyl adjacent to an activating group) is 1. The highest BCUT2D eigenvalue weighted by Gasteiger charge is 2.29. The molecule has 0 radical (unpaired) electrons. The summed E-state index contributed by atoms with van der Waals surface area (Å²) in [7, 11) is 2.10. The van der Waals surface area contributed by atoms with Gasteiger partial charge in [-0.25, -0.2) is 0 Å². The van der Waals surface area contributed by atoms with Crippen molar-refractivity contribution in [3.8, 4) is 16.9 Å². The topological polar surface area (TPSA) is 44.8 Å². The lowest BCUT2D eigenvalue weighted by atomic mass is 10.0. The molecule has 3 aromatic rings. The molecule has 10 heteroatoms. The summed E-state index contributed by atoms with van der Waals surface area (Å²) in [5.74, 6) is 0.224. The molecule has 0 aromatic heterocycles. The first-order valence-electron chi connectivity index (χ1n) is 12.1.